The first-order chi connectivity index (χ1) is 8.88. The van der Waals surface area contributed by atoms with Crippen LogP contribution in [0, 0.1) is 0 Å². The predicted molar refractivity (Wildman–Crippen MR) is 68.5 cm³/mol. The second-order valence-electron chi connectivity index (χ2n) is 4.02. The molecule has 5 heteroatoms. The minimum Gasteiger partial charge on any atom is -0.430 e. The first-order valence-electron chi connectivity index (χ1n) is 5.96. The summed E-state index contributed by atoms with van der Waals surface area (Å²) in [5.41, 5.74) is 1.88. The zero-order chi connectivity index (χ0) is 12.4. The second kappa shape index (κ2) is 4.62. The standard InChI is InChI=1S/C13H14N4O/c1-2-14-8-11-9-18-13(16-11)17-12-6-4-3-5-10(12)7-15-17/h3-7,9,14H,2,8H2,1H3. The molecule has 18 heavy (non-hydrogen) atoms. The average molecular weight is 242 g/mol. The Hall–Kier alpha value is -2.14. The summed E-state index contributed by atoms with van der Waals surface area (Å²) in [6.07, 6.45) is 3.47. The van der Waals surface area contributed by atoms with E-state index >= 15 is 0 Å². The summed E-state index contributed by atoms with van der Waals surface area (Å²) in [4.78, 5) is 4.41. The highest BCUT2D eigenvalue weighted by molar-refractivity contribution is 5.79. The Labute approximate surface area is 104 Å². The fourth-order valence-corrected chi connectivity index (χ4v) is 1.85. The summed E-state index contributed by atoms with van der Waals surface area (Å²) in [7, 11) is 0. The lowest BCUT2D eigenvalue weighted by Crippen LogP contribution is -2.12. The van der Waals surface area contributed by atoms with Crippen molar-refractivity contribution < 1.29 is 4.42 Å². The third kappa shape index (κ3) is 1.89. The van der Waals surface area contributed by atoms with Gasteiger partial charge in [-0.05, 0) is 12.6 Å². The molecule has 92 valence electrons. The van der Waals surface area contributed by atoms with Gasteiger partial charge in [0.1, 0.15) is 6.26 Å². The molecule has 0 aliphatic rings. The molecule has 3 rings (SSSR count). The van der Waals surface area contributed by atoms with Gasteiger partial charge in [0.2, 0.25) is 0 Å². The summed E-state index contributed by atoms with van der Waals surface area (Å²) < 4.78 is 7.18. The third-order valence-corrected chi connectivity index (χ3v) is 2.75. The van der Waals surface area contributed by atoms with Gasteiger partial charge < -0.3 is 9.73 Å². The van der Waals surface area contributed by atoms with Crippen LogP contribution in [0.5, 0.6) is 0 Å². The van der Waals surface area contributed by atoms with Crippen molar-refractivity contribution in [2.24, 2.45) is 0 Å². The first kappa shape index (κ1) is 11.0. The number of hydrogen-bond acceptors (Lipinski definition) is 4. The predicted octanol–water partition coefficient (Wildman–Crippen LogP) is 2.12. The average Bonchev–Trinajstić information content (AvgIpc) is 3.02. The molecule has 0 atom stereocenters. The van der Waals surface area contributed by atoms with Crippen LogP contribution in [0.2, 0.25) is 0 Å². The van der Waals surface area contributed by atoms with E-state index in [4.69, 9.17) is 4.42 Å². The van der Waals surface area contributed by atoms with Crippen molar-refractivity contribution in [2.45, 2.75) is 13.5 Å². The monoisotopic (exact) mass is 242 g/mol. The minimum absolute atomic E-state index is 0.504. The summed E-state index contributed by atoms with van der Waals surface area (Å²) in [6, 6.07) is 8.48. The van der Waals surface area contributed by atoms with Gasteiger partial charge in [0, 0.05) is 11.9 Å². The molecule has 1 N–H and O–H groups in total. The molecule has 0 spiro atoms. The van der Waals surface area contributed by atoms with E-state index in [0.29, 0.717) is 12.6 Å². The van der Waals surface area contributed by atoms with Gasteiger partial charge in [-0.15, -0.1) is 0 Å². The van der Waals surface area contributed by atoms with Crippen LogP contribution in [-0.2, 0) is 6.54 Å². The van der Waals surface area contributed by atoms with E-state index in [-0.39, 0.29) is 0 Å². The van der Waals surface area contributed by atoms with E-state index in [9.17, 15) is 0 Å². The molecule has 5 nitrogen and oxygen atoms in total. The van der Waals surface area contributed by atoms with Crippen LogP contribution in [-0.4, -0.2) is 21.3 Å². The number of aromatic nitrogens is 3. The Kier molecular flexibility index (Phi) is 2.82. The van der Waals surface area contributed by atoms with Crippen molar-refractivity contribution in [3.05, 3.63) is 42.4 Å². The lowest BCUT2D eigenvalue weighted by Gasteiger charge is -1.96. The Balaban J connectivity index is 1.96. The highest BCUT2D eigenvalue weighted by Gasteiger charge is 2.09. The highest BCUT2D eigenvalue weighted by atomic mass is 16.4. The molecule has 0 radical (unpaired) electrons. The molecule has 0 saturated carbocycles. The summed E-state index contributed by atoms with van der Waals surface area (Å²) in [6.45, 7) is 3.67. The van der Waals surface area contributed by atoms with Crippen LogP contribution in [0.4, 0.5) is 0 Å². The van der Waals surface area contributed by atoms with Crippen molar-refractivity contribution in [2.75, 3.05) is 6.54 Å². The van der Waals surface area contributed by atoms with Gasteiger partial charge in [-0.25, -0.2) is 0 Å². The number of rotatable bonds is 4. The van der Waals surface area contributed by atoms with Gasteiger partial charge in [0.25, 0.3) is 0 Å². The molecular weight excluding hydrogens is 228 g/mol. The van der Waals surface area contributed by atoms with Gasteiger partial charge in [-0.1, -0.05) is 25.1 Å². The van der Waals surface area contributed by atoms with E-state index in [1.165, 1.54) is 0 Å². The molecule has 2 heterocycles. The van der Waals surface area contributed by atoms with Crippen LogP contribution in [0.3, 0.4) is 0 Å². The van der Waals surface area contributed by atoms with Crippen LogP contribution < -0.4 is 5.32 Å². The van der Waals surface area contributed by atoms with Crippen molar-refractivity contribution in [1.29, 1.82) is 0 Å². The zero-order valence-electron chi connectivity index (χ0n) is 10.1. The maximum Gasteiger partial charge on any atom is 0.323 e. The number of nitrogens with one attached hydrogen (secondary N) is 1. The number of hydrogen-bond donors (Lipinski definition) is 1. The lowest BCUT2D eigenvalue weighted by molar-refractivity contribution is 0.514. The van der Waals surface area contributed by atoms with Crippen LogP contribution in [0.1, 0.15) is 12.6 Å². The van der Waals surface area contributed by atoms with Crippen LogP contribution in [0.15, 0.2) is 41.1 Å². The Morgan fingerprint density at radius 1 is 1.33 bits per heavy atom. The quantitative estimate of drug-likeness (QED) is 0.761. The number of benzene rings is 1. The molecule has 0 aliphatic carbocycles. The molecular formula is C13H14N4O. The molecule has 0 fully saturated rings. The SMILES string of the molecule is CCNCc1coc(-n2ncc3ccccc32)n1. The van der Waals surface area contributed by atoms with E-state index in [1.807, 2.05) is 30.5 Å². The zero-order valence-corrected chi connectivity index (χ0v) is 10.1. The molecule has 3 aromatic rings. The van der Waals surface area contributed by atoms with Crippen LogP contribution in [0.25, 0.3) is 16.9 Å². The molecule has 0 saturated heterocycles. The third-order valence-electron chi connectivity index (χ3n) is 2.75. The smallest absolute Gasteiger partial charge is 0.323 e. The molecule has 0 unspecified atom stereocenters. The van der Waals surface area contributed by atoms with E-state index in [0.717, 1.165) is 23.1 Å². The van der Waals surface area contributed by atoms with Crippen LogP contribution >= 0.6 is 0 Å². The van der Waals surface area contributed by atoms with Crippen molar-refractivity contribution in [3.8, 4) is 6.01 Å². The van der Waals surface area contributed by atoms with Crippen molar-refractivity contribution in [1.82, 2.24) is 20.1 Å². The van der Waals surface area contributed by atoms with E-state index < -0.39 is 0 Å². The Bertz CT molecular complexity index is 656. The number of oxazole rings is 1. The van der Waals surface area contributed by atoms with E-state index in [1.54, 1.807) is 10.9 Å². The lowest BCUT2D eigenvalue weighted by atomic mass is 10.3. The van der Waals surface area contributed by atoms with Gasteiger partial charge in [-0.3, -0.25) is 0 Å². The topological polar surface area (TPSA) is 55.9 Å². The van der Waals surface area contributed by atoms with Gasteiger partial charge >= 0.3 is 6.01 Å². The molecule has 0 amide bonds. The van der Waals surface area contributed by atoms with E-state index in [2.05, 4.69) is 22.3 Å². The largest absolute Gasteiger partial charge is 0.430 e. The fraction of sp³-hybridized carbons (Fsp3) is 0.231. The minimum atomic E-state index is 0.504. The molecule has 0 bridgehead atoms. The summed E-state index contributed by atoms with van der Waals surface area (Å²) >= 11 is 0. The summed E-state index contributed by atoms with van der Waals surface area (Å²) in [5.74, 6) is 0. The molecule has 1 aromatic carbocycles. The van der Waals surface area contributed by atoms with Crippen molar-refractivity contribution >= 4 is 10.9 Å². The fourth-order valence-electron chi connectivity index (χ4n) is 1.85. The number of para-hydroxylation sites is 1. The molecule has 2 aromatic heterocycles. The summed E-state index contributed by atoms with van der Waals surface area (Å²) in [5, 5.41) is 8.58. The molecule has 0 aliphatic heterocycles. The second-order valence-corrected chi connectivity index (χ2v) is 4.02. The highest BCUT2D eigenvalue weighted by Crippen LogP contribution is 2.17. The maximum absolute atomic E-state index is 5.46. The first-order valence-corrected chi connectivity index (χ1v) is 5.96. The van der Waals surface area contributed by atoms with Crippen molar-refractivity contribution in [3.63, 3.8) is 0 Å². The number of nitrogens with zero attached hydrogens (tertiary/aromatic N) is 3. The Morgan fingerprint density at radius 3 is 3.11 bits per heavy atom. The maximum atomic E-state index is 5.46. The number of fused-ring (bicyclic) bond motifs is 1. The van der Waals surface area contributed by atoms with Gasteiger partial charge in [-0.2, -0.15) is 14.8 Å². The van der Waals surface area contributed by atoms with Gasteiger partial charge in [0.05, 0.1) is 17.4 Å². The van der Waals surface area contributed by atoms with Gasteiger partial charge in [0.15, 0.2) is 0 Å². The normalized spacial score (nSPS) is 11.2. The Morgan fingerprint density at radius 2 is 2.22 bits per heavy atom.